The molecule has 0 aliphatic carbocycles. The van der Waals surface area contributed by atoms with Gasteiger partial charge in [-0.3, -0.25) is 4.79 Å². The quantitative estimate of drug-likeness (QED) is 0.894. The van der Waals surface area contributed by atoms with Crippen molar-refractivity contribution in [3.8, 4) is 0 Å². The average Bonchev–Trinajstić information content (AvgIpc) is 2.29. The minimum atomic E-state index is -0.913. The maximum absolute atomic E-state index is 14.0. The first kappa shape index (κ1) is 16.1. The molecule has 1 aromatic rings. The van der Waals surface area contributed by atoms with E-state index in [9.17, 15) is 14.3 Å². The fraction of sp³-hybridized carbons (Fsp3) is 0.500. The van der Waals surface area contributed by atoms with Gasteiger partial charge in [0.1, 0.15) is 5.82 Å². The van der Waals surface area contributed by atoms with E-state index < -0.39 is 11.4 Å². The van der Waals surface area contributed by atoms with Crippen molar-refractivity contribution in [3.05, 3.63) is 34.1 Å². The van der Waals surface area contributed by atoms with Gasteiger partial charge >= 0.3 is 5.97 Å². The highest BCUT2D eigenvalue weighted by Crippen LogP contribution is 2.35. The normalized spacial score (nSPS) is 13.6. The Morgan fingerprint density at radius 2 is 2.05 bits per heavy atom. The Balaban J connectivity index is 3.15. The van der Waals surface area contributed by atoms with Crippen LogP contribution in [0.25, 0.3) is 0 Å². The minimum absolute atomic E-state index is 0.288. The van der Waals surface area contributed by atoms with E-state index in [1.165, 1.54) is 6.07 Å². The van der Waals surface area contributed by atoms with Crippen molar-refractivity contribution in [2.45, 2.75) is 26.3 Å². The lowest BCUT2D eigenvalue weighted by Crippen LogP contribution is -2.31. The number of rotatable bonds is 5. The molecule has 106 valence electrons. The zero-order chi connectivity index (χ0) is 14.8. The summed E-state index contributed by atoms with van der Waals surface area (Å²) in [7, 11) is 3.64. The van der Waals surface area contributed by atoms with E-state index >= 15 is 0 Å². The minimum Gasteiger partial charge on any atom is -0.481 e. The van der Waals surface area contributed by atoms with Gasteiger partial charge in [0.15, 0.2) is 0 Å². The van der Waals surface area contributed by atoms with E-state index in [2.05, 4.69) is 15.9 Å². The predicted octanol–water partition coefficient (Wildman–Crippen LogP) is 3.69. The van der Waals surface area contributed by atoms with Crippen LogP contribution < -0.4 is 0 Å². The monoisotopic (exact) mass is 331 g/mol. The zero-order valence-corrected chi connectivity index (χ0v) is 13.2. The summed E-state index contributed by atoms with van der Waals surface area (Å²) in [5, 5.41) is 9.22. The lowest BCUT2D eigenvalue weighted by Gasteiger charge is -2.31. The maximum atomic E-state index is 14.0. The van der Waals surface area contributed by atoms with Gasteiger partial charge in [-0.15, -0.1) is 0 Å². The van der Waals surface area contributed by atoms with Crippen LogP contribution in [0.2, 0.25) is 0 Å². The summed E-state index contributed by atoms with van der Waals surface area (Å²) in [5.41, 5.74) is -0.405. The topological polar surface area (TPSA) is 40.5 Å². The van der Waals surface area contributed by atoms with Crippen LogP contribution in [0.1, 0.15) is 31.9 Å². The number of nitrogens with zero attached hydrogens (tertiary/aromatic N) is 1. The molecule has 1 N–H and O–H groups in total. The molecule has 1 unspecified atom stereocenters. The van der Waals surface area contributed by atoms with Crippen molar-refractivity contribution in [2.24, 2.45) is 5.41 Å². The Morgan fingerprint density at radius 3 is 2.53 bits per heavy atom. The van der Waals surface area contributed by atoms with E-state index in [1.807, 2.05) is 19.0 Å². The second-order valence-corrected chi connectivity index (χ2v) is 6.45. The first-order chi connectivity index (χ1) is 8.65. The molecule has 0 aromatic heterocycles. The van der Waals surface area contributed by atoms with Crippen molar-refractivity contribution in [1.82, 2.24) is 4.90 Å². The van der Waals surface area contributed by atoms with Gasteiger partial charge in [-0.05, 0) is 52.6 Å². The van der Waals surface area contributed by atoms with Crippen LogP contribution in [0.4, 0.5) is 4.39 Å². The molecule has 1 aromatic carbocycles. The number of benzene rings is 1. The lowest BCUT2D eigenvalue weighted by atomic mass is 9.83. The van der Waals surface area contributed by atoms with Gasteiger partial charge in [-0.1, -0.05) is 15.9 Å². The summed E-state index contributed by atoms with van der Waals surface area (Å²) < 4.78 is 14.7. The second kappa shape index (κ2) is 6.01. The highest BCUT2D eigenvalue weighted by Gasteiger charge is 2.33. The molecule has 0 bridgehead atoms. The van der Waals surface area contributed by atoms with Gasteiger partial charge < -0.3 is 10.0 Å². The average molecular weight is 332 g/mol. The molecule has 0 saturated heterocycles. The molecule has 0 fully saturated rings. The summed E-state index contributed by atoms with van der Waals surface area (Å²) in [6.45, 7) is 3.31. The summed E-state index contributed by atoms with van der Waals surface area (Å²) in [5.74, 6) is -1.20. The van der Waals surface area contributed by atoms with Gasteiger partial charge in [0.2, 0.25) is 0 Å². The van der Waals surface area contributed by atoms with Crippen molar-refractivity contribution in [3.63, 3.8) is 0 Å². The Bertz CT molecular complexity index is 475. The summed E-state index contributed by atoms with van der Waals surface area (Å²) >= 11 is 3.32. The van der Waals surface area contributed by atoms with Crippen LogP contribution in [0, 0.1) is 11.2 Å². The second-order valence-electron chi connectivity index (χ2n) is 5.54. The fourth-order valence-electron chi connectivity index (χ4n) is 1.91. The number of hydrogen-bond acceptors (Lipinski definition) is 2. The summed E-state index contributed by atoms with van der Waals surface area (Å²) in [6, 6.07) is 4.44. The molecule has 0 spiro atoms. The Morgan fingerprint density at radius 1 is 1.47 bits per heavy atom. The molecular weight excluding hydrogens is 313 g/mol. The van der Waals surface area contributed by atoms with E-state index in [4.69, 9.17) is 0 Å². The number of hydrogen-bond donors (Lipinski definition) is 1. The molecule has 0 aliphatic rings. The number of carboxylic acid groups (broad SMARTS) is 1. The molecule has 1 atom stereocenters. The van der Waals surface area contributed by atoms with E-state index in [-0.39, 0.29) is 11.9 Å². The van der Waals surface area contributed by atoms with Crippen molar-refractivity contribution >= 4 is 21.9 Å². The van der Waals surface area contributed by atoms with Crippen molar-refractivity contribution in [1.29, 1.82) is 0 Å². The Kier molecular flexibility index (Phi) is 5.10. The van der Waals surface area contributed by atoms with Crippen LogP contribution >= 0.6 is 15.9 Å². The third-order valence-corrected chi connectivity index (χ3v) is 3.72. The molecule has 0 heterocycles. The third kappa shape index (κ3) is 4.01. The molecule has 0 saturated carbocycles. The SMILES string of the molecule is CN(C)C(CC(C)(C)C(=O)O)c1cc(Br)ccc1F. The van der Waals surface area contributed by atoms with Gasteiger partial charge in [-0.2, -0.15) is 0 Å². The Hall–Kier alpha value is -0.940. The van der Waals surface area contributed by atoms with Gasteiger partial charge in [0.05, 0.1) is 5.41 Å². The van der Waals surface area contributed by atoms with E-state index in [0.29, 0.717) is 12.0 Å². The van der Waals surface area contributed by atoms with Gasteiger partial charge in [0.25, 0.3) is 0 Å². The molecule has 5 heteroatoms. The van der Waals surface area contributed by atoms with Crippen LogP contribution in [-0.4, -0.2) is 30.1 Å². The molecule has 1 rings (SSSR count). The highest BCUT2D eigenvalue weighted by atomic mass is 79.9. The summed E-state index contributed by atoms with van der Waals surface area (Å²) in [6.07, 6.45) is 0.336. The van der Waals surface area contributed by atoms with Crippen LogP contribution in [-0.2, 0) is 4.79 Å². The van der Waals surface area contributed by atoms with E-state index in [0.717, 1.165) is 4.47 Å². The number of aliphatic carboxylic acids is 1. The number of carboxylic acids is 1. The largest absolute Gasteiger partial charge is 0.481 e. The molecular formula is C14H19BrFNO2. The molecule has 19 heavy (non-hydrogen) atoms. The van der Waals surface area contributed by atoms with Crippen LogP contribution in [0.5, 0.6) is 0 Å². The molecule has 3 nitrogen and oxygen atoms in total. The fourth-order valence-corrected chi connectivity index (χ4v) is 2.29. The van der Waals surface area contributed by atoms with Gasteiger partial charge in [0, 0.05) is 16.1 Å². The Labute approximate surface area is 121 Å². The first-order valence-electron chi connectivity index (χ1n) is 6.00. The predicted molar refractivity (Wildman–Crippen MR) is 76.6 cm³/mol. The van der Waals surface area contributed by atoms with Crippen molar-refractivity contribution in [2.75, 3.05) is 14.1 Å². The smallest absolute Gasteiger partial charge is 0.309 e. The van der Waals surface area contributed by atoms with Gasteiger partial charge in [-0.25, -0.2) is 4.39 Å². The number of carbonyl (C=O) groups is 1. The lowest BCUT2D eigenvalue weighted by molar-refractivity contribution is -0.148. The maximum Gasteiger partial charge on any atom is 0.309 e. The first-order valence-corrected chi connectivity index (χ1v) is 6.79. The molecule has 0 radical (unpaired) electrons. The molecule has 0 amide bonds. The highest BCUT2D eigenvalue weighted by molar-refractivity contribution is 9.10. The third-order valence-electron chi connectivity index (χ3n) is 3.22. The molecule has 0 aliphatic heterocycles. The van der Waals surface area contributed by atoms with Crippen LogP contribution in [0.15, 0.2) is 22.7 Å². The van der Waals surface area contributed by atoms with Crippen molar-refractivity contribution < 1.29 is 14.3 Å². The zero-order valence-electron chi connectivity index (χ0n) is 11.6. The summed E-state index contributed by atoms with van der Waals surface area (Å²) in [4.78, 5) is 13.1. The van der Waals surface area contributed by atoms with Crippen LogP contribution in [0.3, 0.4) is 0 Å². The van der Waals surface area contributed by atoms with E-state index in [1.54, 1.807) is 26.0 Å². The number of halogens is 2. The standard InChI is InChI=1S/C14H19BrFNO2/c1-14(2,13(18)19)8-12(17(3)4)10-7-9(15)5-6-11(10)16/h5-7,12H,8H2,1-4H3,(H,18,19).